The molecule has 1 aromatic heterocycles. The standard InChI is InChI=1S/C26H19ClN2O7S/c1-34-21-11-8-18(27)13-20(21)23-28-29-26(36-23)37-22(25(32)33)12-15-4-9-19(10-5-15)35-14-16-2-6-17(7-3-16)24(30)31/h2-13H,14H2,1H3,(H,30,31)(H,32,33)/b22-12-. The Labute approximate surface area is 220 Å². The van der Waals surface area contributed by atoms with Crippen LogP contribution in [0, 0.1) is 0 Å². The fraction of sp³-hybridized carbons (Fsp3) is 0.0769. The number of carboxylic acid groups (broad SMARTS) is 2. The van der Waals surface area contributed by atoms with E-state index in [9.17, 15) is 14.7 Å². The molecule has 0 bridgehead atoms. The van der Waals surface area contributed by atoms with Crippen LogP contribution >= 0.6 is 23.4 Å². The van der Waals surface area contributed by atoms with E-state index in [2.05, 4.69) is 10.2 Å². The van der Waals surface area contributed by atoms with Crippen LogP contribution in [0.3, 0.4) is 0 Å². The summed E-state index contributed by atoms with van der Waals surface area (Å²) in [5, 5.41) is 27.1. The van der Waals surface area contributed by atoms with Gasteiger partial charge in [0.25, 0.3) is 11.1 Å². The summed E-state index contributed by atoms with van der Waals surface area (Å²) < 4.78 is 16.7. The van der Waals surface area contributed by atoms with Crippen LogP contribution in [0.25, 0.3) is 17.5 Å². The van der Waals surface area contributed by atoms with Gasteiger partial charge in [-0.15, -0.1) is 10.2 Å². The molecule has 0 atom stereocenters. The van der Waals surface area contributed by atoms with Crippen molar-refractivity contribution in [1.82, 2.24) is 10.2 Å². The summed E-state index contributed by atoms with van der Waals surface area (Å²) in [6.45, 7) is 0.252. The molecule has 9 nitrogen and oxygen atoms in total. The minimum Gasteiger partial charge on any atom is -0.496 e. The number of aliphatic carboxylic acids is 1. The van der Waals surface area contributed by atoms with Crippen LogP contribution in [0.2, 0.25) is 5.02 Å². The van der Waals surface area contributed by atoms with Crippen molar-refractivity contribution in [1.29, 1.82) is 0 Å². The van der Waals surface area contributed by atoms with Crippen LogP contribution in [0.15, 0.2) is 81.3 Å². The third-order valence-electron chi connectivity index (χ3n) is 4.99. The first kappa shape index (κ1) is 25.8. The molecule has 4 rings (SSSR count). The zero-order valence-electron chi connectivity index (χ0n) is 19.3. The second-order valence-electron chi connectivity index (χ2n) is 7.49. The van der Waals surface area contributed by atoms with Crippen LogP contribution in [-0.4, -0.2) is 39.5 Å². The predicted molar refractivity (Wildman–Crippen MR) is 137 cm³/mol. The molecular formula is C26H19ClN2O7S. The largest absolute Gasteiger partial charge is 0.496 e. The molecule has 0 saturated carbocycles. The number of ether oxygens (including phenoxy) is 2. The molecule has 11 heteroatoms. The van der Waals surface area contributed by atoms with E-state index in [0.717, 1.165) is 17.3 Å². The Hall–Kier alpha value is -4.28. The molecule has 188 valence electrons. The first-order chi connectivity index (χ1) is 17.8. The van der Waals surface area contributed by atoms with Gasteiger partial charge in [0.05, 0.1) is 18.2 Å². The maximum absolute atomic E-state index is 11.8. The van der Waals surface area contributed by atoms with Gasteiger partial charge in [-0.05, 0) is 71.4 Å². The van der Waals surface area contributed by atoms with Crippen molar-refractivity contribution < 1.29 is 33.7 Å². The highest BCUT2D eigenvalue weighted by Gasteiger charge is 2.18. The molecule has 0 spiro atoms. The number of hydrogen-bond acceptors (Lipinski definition) is 8. The molecule has 3 aromatic carbocycles. The highest BCUT2D eigenvalue weighted by Crippen LogP contribution is 2.35. The average Bonchev–Trinajstić information content (AvgIpc) is 3.36. The molecule has 0 aliphatic rings. The topological polar surface area (TPSA) is 132 Å². The Kier molecular flexibility index (Phi) is 8.11. The Bertz CT molecular complexity index is 1450. The van der Waals surface area contributed by atoms with Gasteiger partial charge in [-0.3, -0.25) is 0 Å². The normalized spacial score (nSPS) is 11.2. The zero-order chi connectivity index (χ0) is 26.4. The summed E-state index contributed by atoms with van der Waals surface area (Å²) in [5.74, 6) is -0.948. The number of hydrogen-bond donors (Lipinski definition) is 2. The molecule has 0 unspecified atom stereocenters. The monoisotopic (exact) mass is 538 g/mol. The fourth-order valence-corrected chi connectivity index (χ4v) is 4.00. The zero-order valence-corrected chi connectivity index (χ0v) is 20.8. The Morgan fingerprint density at radius 1 is 1.03 bits per heavy atom. The lowest BCUT2D eigenvalue weighted by atomic mass is 10.1. The summed E-state index contributed by atoms with van der Waals surface area (Å²) in [4.78, 5) is 22.8. The van der Waals surface area contributed by atoms with Crippen molar-refractivity contribution in [2.75, 3.05) is 7.11 Å². The fourth-order valence-electron chi connectivity index (χ4n) is 3.16. The second-order valence-corrected chi connectivity index (χ2v) is 8.92. The van der Waals surface area contributed by atoms with E-state index in [1.165, 1.54) is 25.3 Å². The van der Waals surface area contributed by atoms with Gasteiger partial charge in [-0.1, -0.05) is 35.9 Å². The number of rotatable bonds is 10. The van der Waals surface area contributed by atoms with E-state index >= 15 is 0 Å². The second kappa shape index (κ2) is 11.6. The quantitative estimate of drug-likeness (QED) is 0.186. The van der Waals surface area contributed by atoms with Crippen molar-refractivity contribution in [2.24, 2.45) is 0 Å². The third-order valence-corrected chi connectivity index (χ3v) is 6.08. The molecular weight excluding hydrogens is 520 g/mol. The third kappa shape index (κ3) is 6.69. The van der Waals surface area contributed by atoms with Crippen molar-refractivity contribution in [3.63, 3.8) is 0 Å². The molecule has 4 aromatic rings. The van der Waals surface area contributed by atoms with Crippen LogP contribution < -0.4 is 9.47 Å². The minimum absolute atomic E-state index is 0.0274. The summed E-state index contributed by atoms with van der Waals surface area (Å²) in [6.07, 6.45) is 1.48. The van der Waals surface area contributed by atoms with E-state index in [-0.39, 0.29) is 28.2 Å². The molecule has 0 fully saturated rings. The van der Waals surface area contributed by atoms with E-state index < -0.39 is 11.9 Å². The SMILES string of the molecule is COc1ccc(Cl)cc1-c1nnc(S/C(=C\c2ccc(OCc3ccc(C(=O)O)cc3)cc2)C(=O)O)o1. The first-order valence-corrected chi connectivity index (χ1v) is 11.9. The number of nitrogens with zero attached hydrogens (tertiary/aromatic N) is 2. The van der Waals surface area contributed by atoms with E-state index in [4.69, 9.17) is 30.6 Å². The van der Waals surface area contributed by atoms with E-state index in [0.29, 0.717) is 27.6 Å². The maximum atomic E-state index is 11.8. The van der Waals surface area contributed by atoms with Crippen molar-refractivity contribution in [3.05, 3.63) is 93.3 Å². The summed E-state index contributed by atoms with van der Waals surface area (Å²) in [6, 6.07) is 18.2. The van der Waals surface area contributed by atoms with Gasteiger partial charge < -0.3 is 24.1 Å². The lowest BCUT2D eigenvalue weighted by Crippen LogP contribution is -1.99. The molecule has 37 heavy (non-hydrogen) atoms. The van der Waals surface area contributed by atoms with Gasteiger partial charge in [0.1, 0.15) is 23.0 Å². The average molecular weight is 539 g/mol. The number of benzene rings is 3. The molecule has 2 N–H and O–H groups in total. The highest BCUT2D eigenvalue weighted by atomic mass is 35.5. The lowest BCUT2D eigenvalue weighted by Gasteiger charge is -2.07. The molecule has 0 aliphatic heterocycles. The van der Waals surface area contributed by atoms with Gasteiger partial charge in [0.2, 0.25) is 0 Å². The predicted octanol–water partition coefficient (Wildman–Crippen LogP) is 5.89. The number of halogens is 1. The number of methoxy groups -OCH3 is 1. The highest BCUT2D eigenvalue weighted by molar-refractivity contribution is 8.03. The van der Waals surface area contributed by atoms with Gasteiger partial charge in [-0.25, -0.2) is 9.59 Å². The molecule has 0 aliphatic carbocycles. The number of carbonyl (C=O) groups is 2. The Morgan fingerprint density at radius 2 is 1.76 bits per heavy atom. The summed E-state index contributed by atoms with van der Waals surface area (Å²) in [7, 11) is 1.50. The Balaban J connectivity index is 1.44. The summed E-state index contributed by atoms with van der Waals surface area (Å²) in [5.41, 5.74) is 2.13. The van der Waals surface area contributed by atoms with Crippen molar-refractivity contribution in [2.45, 2.75) is 11.8 Å². The Morgan fingerprint density at radius 3 is 2.41 bits per heavy atom. The van der Waals surface area contributed by atoms with E-state index in [1.54, 1.807) is 54.6 Å². The number of thioether (sulfide) groups is 1. The van der Waals surface area contributed by atoms with Gasteiger partial charge >= 0.3 is 11.9 Å². The number of aromatic nitrogens is 2. The van der Waals surface area contributed by atoms with Gasteiger partial charge in [0, 0.05) is 5.02 Å². The van der Waals surface area contributed by atoms with Crippen LogP contribution in [-0.2, 0) is 11.4 Å². The van der Waals surface area contributed by atoms with Crippen LogP contribution in [0.4, 0.5) is 0 Å². The smallest absolute Gasteiger partial charge is 0.342 e. The van der Waals surface area contributed by atoms with Crippen molar-refractivity contribution >= 4 is 41.4 Å². The van der Waals surface area contributed by atoms with Gasteiger partial charge in [-0.2, -0.15) is 0 Å². The van der Waals surface area contributed by atoms with Crippen LogP contribution in [0.5, 0.6) is 11.5 Å². The van der Waals surface area contributed by atoms with E-state index in [1.807, 2.05) is 0 Å². The number of aromatic carboxylic acids is 1. The van der Waals surface area contributed by atoms with Gasteiger partial charge in [0.15, 0.2) is 0 Å². The molecule has 1 heterocycles. The van der Waals surface area contributed by atoms with Crippen molar-refractivity contribution in [3.8, 4) is 23.0 Å². The molecule has 0 amide bonds. The first-order valence-electron chi connectivity index (χ1n) is 10.7. The summed E-state index contributed by atoms with van der Waals surface area (Å²) >= 11 is 6.87. The molecule has 0 radical (unpaired) electrons. The van der Waals surface area contributed by atoms with Crippen LogP contribution in [0.1, 0.15) is 21.5 Å². The minimum atomic E-state index is -1.16. The maximum Gasteiger partial charge on any atom is 0.342 e. The molecule has 0 saturated heterocycles. The number of carboxylic acids is 2. The lowest BCUT2D eigenvalue weighted by molar-refractivity contribution is -0.131.